The molecule has 8 nitrogen and oxygen atoms in total. The summed E-state index contributed by atoms with van der Waals surface area (Å²) in [4.78, 5) is 35.2. The van der Waals surface area contributed by atoms with Crippen LogP contribution in [0.3, 0.4) is 0 Å². The highest BCUT2D eigenvalue weighted by molar-refractivity contribution is 7.98. The number of nitrogens with zero attached hydrogens (tertiary/aromatic N) is 1. The van der Waals surface area contributed by atoms with E-state index in [1.54, 1.807) is 19.9 Å². The fourth-order valence-electron chi connectivity index (χ4n) is 3.04. The zero-order valence-electron chi connectivity index (χ0n) is 15.1. The zero-order chi connectivity index (χ0) is 20.1. The maximum Gasteiger partial charge on any atom is 0.336 e. The Morgan fingerprint density at radius 1 is 1.37 bits per heavy atom. The number of benzene rings is 1. The summed E-state index contributed by atoms with van der Waals surface area (Å²) >= 11 is 1.46. The Kier molecular flexibility index (Phi) is 6.62. The van der Waals surface area contributed by atoms with Crippen LogP contribution in [-0.2, 0) is 14.3 Å². The molecule has 144 valence electrons. The van der Waals surface area contributed by atoms with Crippen molar-refractivity contribution in [2.45, 2.75) is 19.8 Å². The molecule has 0 fully saturated rings. The Morgan fingerprint density at radius 3 is 2.63 bits per heavy atom. The van der Waals surface area contributed by atoms with Gasteiger partial charge in [-0.2, -0.15) is 11.8 Å². The van der Waals surface area contributed by atoms with Crippen LogP contribution in [0.15, 0.2) is 46.8 Å². The summed E-state index contributed by atoms with van der Waals surface area (Å²) in [5.74, 6) is -2.38. The first kappa shape index (κ1) is 20.5. The van der Waals surface area contributed by atoms with Crippen molar-refractivity contribution in [2.24, 2.45) is 0 Å². The number of esters is 1. The van der Waals surface area contributed by atoms with Crippen LogP contribution in [0.1, 0.15) is 25.3 Å². The van der Waals surface area contributed by atoms with Crippen molar-refractivity contribution in [3.8, 4) is 0 Å². The smallest absolute Gasteiger partial charge is 0.336 e. The van der Waals surface area contributed by atoms with Gasteiger partial charge in [-0.1, -0.05) is 12.1 Å². The third-order valence-electron chi connectivity index (χ3n) is 4.07. The van der Waals surface area contributed by atoms with E-state index in [0.29, 0.717) is 22.7 Å². The predicted octanol–water partition coefficient (Wildman–Crippen LogP) is 2.82. The summed E-state index contributed by atoms with van der Waals surface area (Å²) in [6.07, 6.45) is 1.85. The van der Waals surface area contributed by atoms with Crippen LogP contribution in [-0.4, -0.2) is 40.6 Å². The molecule has 1 aliphatic rings. The molecule has 1 aliphatic heterocycles. The first-order valence-corrected chi connectivity index (χ1v) is 9.55. The molecule has 0 saturated carbocycles. The van der Waals surface area contributed by atoms with Gasteiger partial charge in [-0.3, -0.25) is 10.1 Å². The van der Waals surface area contributed by atoms with Crippen molar-refractivity contribution < 1.29 is 24.4 Å². The third-order valence-corrected chi connectivity index (χ3v) is 4.65. The van der Waals surface area contributed by atoms with Crippen molar-refractivity contribution >= 4 is 29.4 Å². The molecule has 1 heterocycles. The number of dihydropyridines is 1. The number of nitrogens with one attached hydrogen (secondary N) is 1. The van der Waals surface area contributed by atoms with Gasteiger partial charge in [0.25, 0.3) is 5.69 Å². The Bertz CT molecular complexity index is 846. The number of nitro groups is 1. The highest BCUT2D eigenvalue weighted by Gasteiger charge is 2.38. The normalized spacial score (nSPS) is 16.8. The highest BCUT2D eigenvalue weighted by Crippen LogP contribution is 2.40. The minimum atomic E-state index is -1.21. The average molecular weight is 392 g/mol. The van der Waals surface area contributed by atoms with E-state index < -0.39 is 22.8 Å². The fourth-order valence-corrected chi connectivity index (χ4v) is 3.56. The van der Waals surface area contributed by atoms with Crippen LogP contribution in [0, 0.1) is 10.1 Å². The minimum Gasteiger partial charge on any atom is -0.478 e. The fraction of sp³-hybridized carbons (Fsp3) is 0.333. The van der Waals surface area contributed by atoms with E-state index in [1.165, 1.54) is 30.0 Å². The van der Waals surface area contributed by atoms with Crippen LogP contribution in [0.2, 0.25) is 0 Å². The van der Waals surface area contributed by atoms with Crippen LogP contribution in [0.4, 0.5) is 5.69 Å². The summed E-state index contributed by atoms with van der Waals surface area (Å²) in [7, 11) is 0. The zero-order valence-corrected chi connectivity index (χ0v) is 16.0. The average Bonchev–Trinajstić information content (AvgIpc) is 2.61. The number of aliphatic carboxylic acids is 1. The Hall–Kier alpha value is -2.81. The molecule has 1 aromatic rings. The van der Waals surface area contributed by atoms with E-state index in [9.17, 15) is 24.8 Å². The topological polar surface area (TPSA) is 119 Å². The number of non-ortho nitro benzene ring substituents is 1. The van der Waals surface area contributed by atoms with Crippen molar-refractivity contribution in [3.05, 3.63) is 62.5 Å². The molecule has 0 aromatic heterocycles. The van der Waals surface area contributed by atoms with Gasteiger partial charge in [0.2, 0.25) is 0 Å². The van der Waals surface area contributed by atoms with Gasteiger partial charge in [-0.25, -0.2) is 9.59 Å². The molecule has 0 bridgehead atoms. The number of carboxylic acid groups (broad SMARTS) is 1. The van der Waals surface area contributed by atoms with Gasteiger partial charge in [0.15, 0.2) is 0 Å². The summed E-state index contributed by atoms with van der Waals surface area (Å²) in [6.45, 7) is 3.39. The third kappa shape index (κ3) is 4.30. The lowest BCUT2D eigenvalue weighted by Crippen LogP contribution is -2.33. The molecule has 2 rings (SSSR count). The molecule has 1 atom stereocenters. The molecule has 0 aliphatic carbocycles. The number of hydrogen-bond acceptors (Lipinski definition) is 7. The van der Waals surface area contributed by atoms with Gasteiger partial charge in [0.1, 0.15) is 0 Å². The minimum absolute atomic E-state index is 0.0385. The number of thioether (sulfide) groups is 1. The molecule has 0 spiro atoms. The standard InChI is InChI=1S/C18H20N2O6S/c1-4-26-18(23)16-13(9-27-3)19-10(2)14(17(21)22)15(16)11-6-5-7-12(8-11)20(24)25/h5-8,15,19H,4,9H2,1-3H3,(H,21,22). The van der Waals surface area contributed by atoms with Gasteiger partial charge in [-0.05, 0) is 25.7 Å². The predicted molar refractivity (Wildman–Crippen MR) is 101 cm³/mol. The van der Waals surface area contributed by atoms with E-state index in [2.05, 4.69) is 5.32 Å². The second kappa shape index (κ2) is 8.72. The molecular formula is C18H20N2O6S. The SMILES string of the molecule is CCOC(=O)C1=C(CSC)NC(C)=C(C(=O)O)C1c1cccc([N+](=O)[O-])c1. The Labute approximate surface area is 160 Å². The van der Waals surface area contributed by atoms with E-state index in [0.717, 1.165) is 0 Å². The van der Waals surface area contributed by atoms with Crippen LogP contribution >= 0.6 is 11.8 Å². The number of carboxylic acids is 1. The number of rotatable bonds is 7. The van der Waals surface area contributed by atoms with Crippen LogP contribution in [0.25, 0.3) is 0 Å². The molecular weight excluding hydrogens is 372 g/mol. The second-order valence-corrected chi connectivity index (χ2v) is 6.67. The number of hydrogen-bond donors (Lipinski definition) is 2. The summed E-state index contributed by atoms with van der Waals surface area (Å²) in [5.41, 5.74) is 1.22. The van der Waals surface area contributed by atoms with E-state index >= 15 is 0 Å². The number of ether oxygens (including phenoxy) is 1. The molecule has 27 heavy (non-hydrogen) atoms. The maximum atomic E-state index is 12.7. The lowest BCUT2D eigenvalue weighted by atomic mass is 9.80. The first-order valence-electron chi connectivity index (χ1n) is 8.16. The molecule has 9 heteroatoms. The highest BCUT2D eigenvalue weighted by atomic mass is 32.2. The molecule has 0 radical (unpaired) electrons. The Morgan fingerprint density at radius 2 is 2.07 bits per heavy atom. The van der Waals surface area contributed by atoms with Crippen molar-refractivity contribution in [1.29, 1.82) is 0 Å². The van der Waals surface area contributed by atoms with Crippen molar-refractivity contribution in [1.82, 2.24) is 5.32 Å². The van der Waals surface area contributed by atoms with E-state index in [-0.39, 0.29) is 23.4 Å². The molecule has 0 amide bonds. The molecule has 1 unspecified atom stereocenters. The van der Waals surface area contributed by atoms with Crippen molar-refractivity contribution in [2.75, 3.05) is 18.6 Å². The molecule has 0 saturated heterocycles. The number of carbonyl (C=O) groups is 2. The quantitative estimate of drug-likeness (QED) is 0.413. The number of carbonyl (C=O) groups excluding carboxylic acids is 1. The van der Waals surface area contributed by atoms with Gasteiger partial charge in [0, 0.05) is 29.3 Å². The van der Waals surface area contributed by atoms with Gasteiger partial charge >= 0.3 is 11.9 Å². The Balaban J connectivity index is 2.74. The lowest BCUT2D eigenvalue weighted by Gasteiger charge is -2.30. The van der Waals surface area contributed by atoms with Crippen LogP contribution in [0.5, 0.6) is 0 Å². The molecule has 2 N–H and O–H groups in total. The second-order valence-electron chi connectivity index (χ2n) is 5.80. The largest absolute Gasteiger partial charge is 0.478 e. The summed E-state index contributed by atoms with van der Waals surface area (Å²) in [5, 5.41) is 23.9. The maximum absolute atomic E-state index is 12.7. The number of allylic oxidation sites excluding steroid dienone is 1. The van der Waals surface area contributed by atoms with Crippen molar-refractivity contribution in [3.63, 3.8) is 0 Å². The molecule has 1 aromatic carbocycles. The van der Waals surface area contributed by atoms with Gasteiger partial charge < -0.3 is 15.2 Å². The summed E-state index contributed by atoms with van der Waals surface area (Å²) in [6, 6.07) is 5.66. The van der Waals surface area contributed by atoms with E-state index in [4.69, 9.17) is 4.74 Å². The lowest BCUT2D eigenvalue weighted by molar-refractivity contribution is -0.384. The van der Waals surface area contributed by atoms with Gasteiger partial charge in [0.05, 0.1) is 28.6 Å². The monoisotopic (exact) mass is 392 g/mol. The summed E-state index contributed by atoms with van der Waals surface area (Å²) < 4.78 is 5.16. The number of nitro benzene ring substituents is 1. The first-order chi connectivity index (χ1) is 12.8. The van der Waals surface area contributed by atoms with E-state index in [1.807, 2.05) is 6.26 Å². The van der Waals surface area contributed by atoms with Crippen LogP contribution < -0.4 is 5.32 Å². The van der Waals surface area contributed by atoms with Gasteiger partial charge in [-0.15, -0.1) is 0 Å².